The molecule has 3 unspecified atom stereocenters. The van der Waals surface area contributed by atoms with Crippen LogP contribution in [0, 0.1) is 19.8 Å². The molecule has 4 heteroatoms. The lowest BCUT2D eigenvalue weighted by atomic mass is 9.79. The van der Waals surface area contributed by atoms with E-state index in [1.165, 1.54) is 22.9 Å². The summed E-state index contributed by atoms with van der Waals surface area (Å²) < 4.78 is 23.8. The summed E-state index contributed by atoms with van der Waals surface area (Å²) in [7, 11) is -0.946. The van der Waals surface area contributed by atoms with E-state index in [4.69, 9.17) is 0 Å². The van der Waals surface area contributed by atoms with Crippen molar-refractivity contribution in [1.82, 2.24) is 5.32 Å². The molecule has 1 aliphatic carbocycles. The third-order valence-corrected chi connectivity index (χ3v) is 6.68. The molecule has 118 valence electrons. The van der Waals surface area contributed by atoms with Crippen LogP contribution in [0.2, 0.25) is 0 Å². The Morgan fingerprint density at radius 1 is 1.24 bits per heavy atom. The predicted octanol–water partition coefficient (Wildman–Crippen LogP) is 3.17. The van der Waals surface area contributed by atoms with Crippen LogP contribution in [0.25, 0.3) is 0 Å². The molecule has 0 aliphatic heterocycles. The minimum absolute atomic E-state index is 0.169. The molecular formula is C17H27NO2S. The normalized spacial score (nSPS) is 24.8. The Morgan fingerprint density at radius 2 is 1.95 bits per heavy atom. The van der Waals surface area contributed by atoms with E-state index in [0.717, 1.165) is 25.7 Å². The topological polar surface area (TPSA) is 46.2 Å². The van der Waals surface area contributed by atoms with Crippen molar-refractivity contribution in [2.45, 2.75) is 50.8 Å². The number of rotatable bonds is 4. The van der Waals surface area contributed by atoms with E-state index in [-0.39, 0.29) is 11.3 Å². The fourth-order valence-electron chi connectivity index (χ4n) is 3.63. The van der Waals surface area contributed by atoms with Crippen molar-refractivity contribution >= 4 is 9.84 Å². The van der Waals surface area contributed by atoms with Crippen molar-refractivity contribution in [2.75, 3.05) is 13.3 Å². The number of benzene rings is 1. The minimum atomic E-state index is -2.93. The summed E-state index contributed by atoms with van der Waals surface area (Å²) >= 11 is 0. The third kappa shape index (κ3) is 3.67. The van der Waals surface area contributed by atoms with Crippen molar-refractivity contribution in [3.63, 3.8) is 0 Å². The predicted molar refractivity (Wildman–Crippen MR) is 88.3 cm³/mol. The van der Waals surface area contributed by atoms with E-state index in [0.29, 0.717) is 5.92 Å². The van der Waals surface area contributed by atoms with E-state index in [2.05, 4.69) is 37.4 Å². The van der Waals surface area contributed by atoms with Gasteiger partial charge in [0.15, 0.2) is 0 Å². The molecule has 3 atom stereocenters. The fraction of sp³-hybridized carbons (Fsp3) is 0.647. The molecule has 0 aromatic heterocycles. The molecule has 3 nitrogen and oxygen atoms in total. The van der Waals surface area contributed by atoms with E-state index < -0.39 is 9.84 Å². The summed E-state index contributed by atoms with van der Waals surface area (Å²) in [4.78, 5) is 0. The highest BCUT2D eigenvalue weighted by atomic mass is 32.2. The number of nitrogens with one attached hydrogen (secondary N) is 1. The summed E-state index contributed by atoms with van der Waals surface area (Å²) in [6.07, 6.45) is 5.08. The van der Waals surface area contributed by atoms with E-state index in [1.54, 1.807) is 0 Å². The van der Waals surface area contributed by atoms with Gasteiger partial charge in [-0.3, -0.25) is 0 Å². The zero-order valence-electron chi connectivity index (χ0n) is 13.5. The fourth-order valence-corrected chi connectivity index (χ4v) is 4.82. The second kappa shape index (κ2) is 6.49. The molecule has 0 radical (unpaired) electrons. The van der Waals surface area contributed by atoms with Crippen LogP contribution < -0.4 is 5.32 Å². The van der Waals surface area contributed by atoms with Crippen molar-refractivity contribution in [2.24, 2.45) is 5.92 Å². The Hall–Kier alpha value is -0.870. The van der Waals surface area contributed by atoms with Gasteiger partial charge in [-0.2, -0.15) is 0 Å². The van der Waals surface area contributed by atoms with Gasteiger partial charge in [0.05, 0.1) is 5.25 Å². The van der Waals surface area contributed by atoms with Crippen molar-refractivity contribution in [3.05, 3.63) is 34.9 Å². The first-order chi connectivity index (χ1) is 9.84. The lowest BCUT2D eigenvalue weighted by Gasteiger charge is -2.35. The molecular weight excluding hydrogens is 282 g/mol. The third-order valence-electron chi connectivity index (χ3n) is 5.04. The average Bonchev–Trinajstić information content (AvgIpc) is 2.44. The Balaban J connectivity index is 2.27. The SMILES string of the molecule is CNC(c1cccc(C)c1C)C1CCCC(S(C)(=O)=O)C1. The van der Waals surface area contributed by atoms with Crippen LogP contribution >= 0.6 is 0 Å². The van der Waals surface area contributed by atoms with Crippen molar-refractivity contribution < 1.29 is 8.42 Å². The van der Waals surface area contributed by atoms with Gasteiger partial charge in [-0.05, 0) is 62.8 Å². The Labute approximate surface area is 129 Å². The molecule has 2 rings (SSSR count). The summed E-state index contributed by atoms with van der Waals surface area (Å²) in [6.45, 7) is 4.29. The monoisotopic (exact) mass is 309 g/mol. The molecule has 0 bridgehead atoms. The average molecular weight is 309 g/mol. The molecule has 0 amide bonds. The van der Waals surface area contributed by atoms with Gasteiger partial charge in [-0.25, -0.2) is 8.42 Å². The van der Waals surface area contributed by atoms with Gasteiger partial charge in [0.2, 0.25) is 0 Å². The van der Waals surface area contributed by atoms with Crippen LogP contribution in [0.5, 0.6) is 0 Å². The molecule has 21 heavy (non-hydrogen) atoms. The maximum Gasteiger partial charge on any atom is 0.150 e. The molecule has 1 N–H and O–H groups in total. The molecule has 1 saturated carbocycles. The van der Waals surface area contributed by atoms with Crippen LogP contribution in [-0.4, -0.2) is 27.0 Å². The number of hydrogen-bond acceptors (Lipinski definition) is 3. The molecule has 1 aliphatic rings. The second-order valence-corrected chi connectivity index (χ2v) is 8.76. The smallest absolute Gasteiger partial charge is 0.150 e. The molecule has 1 aromatic rings. The maximum absolute atomic E-state index is 11.9. The standard InChI is InChI=1S/C17H27NO2S/c1-12-7-5-10-16(13(12)2)17(18-3)14-8-6-9-15(11-14)21(4,19)20/h5,7,10,14-15,17-18H,6,8-9,11H2,1-4H3. The molecule has 0 saturated heterocycles. The lowest BCUT2D eigenvalue weighted by Crippen LogP contribution is -2.34. The largest absolute Gasteiger partial charge is 0.313 e. The summed E-state index contributed by atoms with van der Waals surface area (Å²) in [5.74, 6) is 0.393. The van der Waals surface area contributed by atoms with Crippen molar-refractivity contribution in [3.8, 4) is 0 Å². The van der Waals surface area contributed by atoms with E-state index in [1.807, 2.05) is 7.05 Å². The Bertz CT molecular complexity index is 595. The van der Waals surface area contributed by atoms with Gasteiger partial charge in [0, 0.05) is 12.3 Å². The summed E-state index contributed by atoms with van der Waals surface area (Å²) in [5, 5.41) is 3.26. The second-order valence-electron chi connectivity index (χ2n) is 6.43. The van der Waals surface area contributed by atoms with Gasteiger partial charge in [-0.15, -0.1) is 0 Å². The Kier molecular flexibility index (Phi) is 5.10. The first-order valence-corrected chi connectivity index (χ1v) is 9.72. The van der Waals surface area contributed by atoms with Gasteiger partial charge in [0.1, 0.15) is 9.84 Å². The highest BCUT2D eigenvalue weighted by molar-refractivity contribution is 7.91. The van der Waals surface area contributed by atoms with E-state index in [9.17, 15) is 8.42 Å². The Morgan fingerprint density at radius 3 is 2.57 bits per heavy atom. The minimum Gasteiger partial charge on any atom is -0.313 e. The van der Waals surface area contributed by atoms with Crippen LogP contribution in [0.1, 0.15) is 48.4 Å². The number of sulfone groups is 1. The summed E-state index contributed by atoms with van der Waals surface area (Å²) in [5.41, 5.74) is 3.93. The quantitative estimate of drug-likeness (QED) is 0.929. The van der Waals surface area contributed by atoms with Crippen molar-refractivity contribution in [1.29, 1.82) is 0 Å². The maximum atomic E-state index is 11.9. The first-order valence-electron chi connectivity index (χ1n) is 7.76. The molecule has 0 heterocycles. The summed E-state index contributed by atoms with van der Waals surface area (Å²) in [6, 6.07) is 6.65. The highest BCUT2D eigenvalue weighted by Crippen LogP contribution is 2.37. The lowest BCUT2D eigenvalue weighted by molar-refractivity contribution is 0.282. The van der Waals surface area contributed by atoms with Gasteiger partial charge < -0.3 is 5.32 Å². The molecule has 0 spiro atoms. The van der Waals surface area contributed by atoms with Crippen LogP contribution in [0.3, 0.4) is 0 Å². The van der Waals surface area contributed by atoms with Gasteiger partial charge in [0.25, 0.3) is 0 Å². The van der Waals surface area contributed by atoms with Crippen LogP contribution in [-0.2, 0) is 9.84 Å². The highest BCUT2D eigenvalue weighted by Gasteiger charge is 2.33. The molecule has 1 fully saturated rings. The number of hydrogen-bond donors (Lipinski definition) is 1. The van der Waals surface area contributed by atoms with Crippen LogP contribution in [0.15, 0.2) is 18.2 Å². The zero-order valence-corrected chi connectivity index (χ0v) is 14.3. The van der Waals surface area contributed by atoms with Gasteiger partial charge >= 0.3 is 0 Å². The zero-order chi connectivity index (χ0) is 15.6. The first kappa shape index (κ1) is 16.5. The number of aryl methyl sites for hydroxylation is 1. The molecule has 1 aromatic carbocycles. The van der Waals surface area contributed by atoms with Crippen LogP contribution in [0.4, 0.5) is 0 Å². The van der Waals surface area contributed by atoms with E-state index >= 15 is 0 Å². The van der Waals surface area contributed by atoms with Gasteiger partial charge in [-0.1, -0.05) is 24.6 Å².